The molecular weight excluding hydrogens is 298 g/mol. The first-order chi connectivity index (χ1) is 11.8. The Hall–Kier alpha value is -2.20. The second kappa shape index (κ2) is 6.73. The van der Waals surface area contributed by atoms with E-state index in [1.807, 2.05) is 29.3 Å². The molecule has 3 heterocycles. The van der Waals surface area contributed by atoms with E-state index >= 15 is 0 Å². The van der Waals surface area contributed by atoms with Crippen LogP contribution in [0.4, 0.5) is 0 Å². The molecule has 4 nitrogen and oxygen atoms in total. The Morgan fingerprint density at radius 1 is 1.08 bits per heavy atom. The number of hydrogen-bond donors (Lipinski definition) is 0. The van der Waals surface area contributed by atoms with Crippen molar-refractivity contribution in [2.45, 2.75) is 31.3 Å². The molecule has 0 radical (unpaired) electrons. The SMILES string of the molecule is O=C(C1CCCN1Cc1ccccc1)N1CC(c2ccccn2)C1. The predicted octanol–water partition coefficient (Wildman–Crippen LogP) is 2.67. The van der Waals surface area contributed by atoms with E-state index in [0.29, 0.717) is 11.8 Å². The Balaban J connectivity index is 1.36. The number of pyridine rings is 1. The largest absolute Gasteiger partial charge is 0.340 e. The van der Waals surface area contributed by atoms with Gasteiger partial charge in [0.1, 0.15) is 0 Å². The van der Waals surface area contributed by atoms with E-state index in [9.17, 15) is 4.79 Å². The first kappa shape index (κ1) is 15.3. The van der Waals surface area contributed by atoms with Gasteiger partial charge in [0, 0.05) is 37.4 Å². The number of likely N-dealkylation sites (tertiary alicyclic amines) is 2. The number of rotatable bonds is 4. The monoisotopic (exact) mass is 321 g/mol. The maximum Gasteiger partial charge on any atom is 0.239 e. The summed E-state index contributed by atoms with van der Waals surface area (Å²) in [6.45, 7) is 3.51. The van der Waals surface area contributed by atoms with E-state index in [-0.39, 0.29) is 6.04 Å². The molecule has 24 heavy (non-hydrogen) atoms. The molecule has 0 spiro atoms. The van der Waals surface area contributed by atoms with Crippen molar-refractivity contribution in [3.63, 3.8) is 0 Å². The van der Waals surface area contributed by atoms with Crippen molar-refractivity contribution in [2.75, 3.05) is 19.6 Å². The van der Waals surface area contributed by atoms with Crippen molar-refractivity contribution < 1.29 is 4.79 Å². The van der Waals surface area contributed by atoms with Gasteiger partial charge in [-0.2, -0.15) is 0 Å². The number of hydrogen-bond acceptors (Lipinski definition) is 3. The number of carbonyl (C=O) groups excluding carboxylic acids is 1. The zero-order valence-electron chi connectivity index (χ0n) is 13.8. The Labute approximate surface area is 143 Å². The van der Waals surface area contributed by atoms with Gasteiger partial charge in [-0.3, -0.25) is 14.7 Å². The highest BCUT2D eigenvalue weighted by Crippen LogP contribution is 2.29. The van der Waals surface area contributed by atoms with Gasteiger partial charge in [0.25, 0.3) is 0 Å². The van der Waals surface area contributed by atoms with Gasteiger partial charge in [-0.25, -0.2) is 0 Å². The standard InChI is InChI=1S/C20H23N3O/c24-20(23-14-17(15-23)18-9-4-5-11-21-18)19-10-6-12-22(19)13-16-7-2-1-3-8-16/h1-5,7-9,11,17,19H,6,10,12-15H2. The molecule has 2 aromatic rings. The topological polar surface area (TPSA) is 36.4 Å². The number of aromatic nitrogens is 1. The van der Waals surface area contributed by atoms with E-state index in [1.165, 1.54) is 5.56 Å². The van der Waals surface area contributed by atoms with Crippen LogP contribution < -0.4 is 0 Å². The third-order valence-corrected chi connectivity index (χ3v) is 5.18. The molecule has 2 saturated heterocycles. The highest BCUT2D eigenvalue weighted by atomic mass is 16.2. The van der Waals surface area contributed by atoms with Crippen molar-refractivity contribution in [1.82, 2.24) is 14.8 Å². The van der Waals surface area contributed by atoms with Gasteiger partial charge < -0.3 is 4.90 Å². The minimum atomic E-state index is 0.0508. The van der Waals surface area contributed by atoms with Gasteiger partial charge in [0.05, 0.1) is 6.04 Å². The highest BCUT2D eigenvalue weighted by molar-refractivity contribution is 5.83. The lowest BCUT2D eigenvalue weighted by atomic mass is 9.94. The molecule has 0 bridgehead atoms. The number of amides is 1. The van der Waals surface area contributed by atoms with Crippen LogP contribution in [0, 0.1) is 0 Å². The van der Waals surface area contributed by atoms with Crippen molar-refractivity contribution in [3.05, 3.63) is 66.0 Å². The van der Waals surface area contributed by atoms with Crippen LogP contribution in [0.3, 0.4) is 0 Å². The van der Waals surface area contributed by atoms with Crippen LogP contribution in [-0.4, -0.2) is 46.4 Å². The van der Waals surface area contributed by atoms with Crippen LogP contribution in [0.1, 0.15) is 30.0 Å². The lowest BCUT2D eigenvalue weighted by molar-refractivity contribution is -0.140. The van der Waals surface area contributed by atoms with Gasteiger partial charge in [-0.05, 0) is 37.1 Å². The molecular formula is C20H23N3O. The van der Waals surface area contributed by atoms with Crippen molar-refractivity contribution in [3.8, 4) is 0 Å². The summed E-state index contributed by atoms with van der Waals surface area (Å²) in [6.07, 6.45) is 3.93. The summed E-state index contributed by atoms with van der Waals surface area (Å²) in [5, 5.41) is 0. The lowest BCUT2D eigenvalue weighted by Gasteiger charge is -2.41. The minimum Gasteiger partial charge on any atom is -0.340 e. The minimum absolute atomic E-state index is 0.0508. The Morgan fingerprint density at radius 2 is 1.88 bits per heavy atom. The van der Waals surface area contributed by atoms with Crippen LogP contribution in [-0.2, 0) is 11.3 Å². The molecule has 0 saturated carbocycles. The van der Waals surface area contributed by atoms with Gasteiger partial charge in [-0.15, -0.1) is 0 Å². The summed E-state index contributed by atoms with van der Waals surface area (Å²) in [6, 6.07) is 16.5. The second-order valence-corrected chi connectivity index (χ2v) is 6.81. The first-order valence-electron chi connectivity index (χ1n) is 8.79. The molecule has 2 fully saturated rings. The van der Waals surface area contributed by atoms with Crippen LogP contribution in [0.5, 0.6) is 0 Å². The summed E-state index contributed by atoms with van der Waals surface area (Å²) in [5.74, 6) is 0.703. The number of nitrogens with zero attached hydrogens (tertiary/aromatic N) is 3. The van der Waals surface area contributed by atoms with E-state index in [0.717, 1.165) is 44.7 Å². The average Bonchev–Trinajstić information content (AvgIpc) is 3.03. The normalized spacial score (nSPS) is 21.7. The second-order valence-electron chi connectivity index (χ2n) is 6.81. The van der Waals surface area contributed by atoms with Crippen LogP contribution in [0.25, 0.3) is 0 Å². The molecule has 4 rings (SSSR count). The predicted molar refractivity (Wildman–Crippen MR) is 93.4 cm³/mol. The molecule has 0 aliphatic carbocycles. The quantitative estimate of drug-likeness (QED) is 0.869. The summed E-state index contributed by atoms with van der Waals surface area (Å²) >= 11 is 0. The van der Waals surface area contributed by atoms with Gasteiger partial charge in [-0.1, -0.05) is 36.4 Å². The molecule has 1 atom stereocenters. The van der Waals surface area contributed by atoms with Crippen LogP contribution >= 0.6 is 0 Å². The fourth-order valence-corrected chi connectivity index (χ4v) is 3.79. The zero-order chi connectivity index (χ0) is 16.4. The fraction of sp³-hybridized carbons (Fsp3) is 0.400. The molecule has 2 aliphatic heterocycles. The molecule has 124 valence electrons. The Bertz CT molecular complexity index is 683. The molecule has 1 amide bonds. The highest BCUT2D eigenvalue weighted by Gasteiger charge is 2.39. The molecule has 1 unspecified atom stereocenters. The van der Waals surface area contributed by atoms with Crippen molar-refractivity contribution in [1.29, 1.82) is 0 Å². The third kappa shape index (κ3) is 3.06. The van der Waals surface area contributed by atoms with Gasteiger partial charge in [0.15, 0.2) is 0 Å². The van der Waals surface area contributed by atoms with E-state index in [4.69, 9.17) is 0 Å². The maximum atomic E-state index is 12.9. The molecule has 1 aromatic heterocycles. The maximum absolute atomic E-state index is 12.9. The third-order valence-electron chi connectivity index (χ3n) is 5.18. The van der Waals surface area contributed by atoms with Gasteiger partial charge in [0.2, 0.25) is 5.91 Å². The Morgan fingerprint density at radius 3 is 2.62 bits per heavy atom. The van der Waals surface area contributed by atoms with Crippen molar-refractivity contribution >= 4 is 5.91 Å². The fourth-order valence-electron chi connectivity index (χ4n) is 3.79. The summed E-state index contributed by atoms with van der Waals surface area (Å²) in [4.78, 5) is 21.6. The van der Waals surface area contributed by atoms with E-state index < -0.39 is 0 Å². The average molecular weight is 321 g/mol. The number of carbonyl (C=O) groups is 1. The molecule has 1 aromatic carbocycles. The van der Waals surface area contributed by atoms with Crippen molar-refractivity contribution in [2.24, 2.45) is 0 Å². The summed E-state index contributed by atoms with van der Waals surface area (Å²) in [7, 11) is 0. The van der Waals surface area contributed by atoms with E-state index in [1.54, 1.807) is 0 Å². The zero-order valence-corrected chi connectivity index (χ0v) is 13.8. The van der Waals surface area contributed by atoms with Crippen LogP contribution in [0.2, 0.25) is 0 Å². The lowest BCUT2D eigenvalue weighted by Crippen LogP contribution is -2.54. The summed E-state index contributed by atoms with van der Waals surface area (Å²) in [5.41, 5.74) is 2.39. The molecule has 4 heteroatoms. The van der Waals surface area contributed by atoms with Gasteiger partial charge >= 0.3 is 0 Å². The van der Waals surface area contributed by atoms with E-state index in [2.05, 4.69) is 40.2 Å². The molecule has 0 N–H and O–H groups in total. The summed E-state index contributed by atoms with van der Waals surface area (Å²) < 4.78 is 0. The first-order valence-corrected chi connectivity index (χ1v) is 8.79. The number of benzene rings is 1. The molecule has 2 aliphatic rings. The Kier molecular flexibility index (Phi) is 4.30. The van der Waals surface area contributed by atoms with Crippen LogP contribution in [0.15, 0.2) is 54.7 Å². The smallest absolute Gasteiger partial charge is 0.239 e.